The van der Waals surface area contributed by atoms with Gasteiger partial charge in [-0.25, -0.2) is 13.2 Å². The number of carbonyl (C=O) groups is 3. The van der Waals surface area contributed by atoms with Crippen LogP contribution in [0, 0.1) is 5.92 Å². The molecule has 0 bridgehead atoms. The maximum Gasteiger partial charge on any atom is 0.321 e. The van der Waals surface area contributed by atoms with Gasteiger partial charge in [-0.2, -0.15) is 0 Å². The summed E-state index contributed by atoms with van der Waals surface area (Å²) < 4.78 is 23.2. The van der Waals surface area contributed by atoms with E-state index in [2.05, 4.69) is 5.32 Å². The van der Waals surface area contributed by atoms with E-state index >= 15 is 0 Å². The summed E-state index contributed by atoms with van der Waals surface area (Å²) in [6.45, 7) is 2.74. The second-order valence-corrected chi connectivity index (χ2v) is 9.88. The SMILES string of the molecule is O=C(c1cccc(N2CCNC2=O)c1)N1CCN(C(=O)[C@H]2CCS(=O)(=O)C2)CC1. The van der Waals surface area contributed by atoms with Crippen molar-refractivity contribution in [1.29, 1.82) is 0 Å². The summed E-state index contributed by atoms with van der Waals surface area (Å²) in [7, 11) is -3.10. The largest absolute Gasteiger partial charge is 0.339 e. The molecule has 0 aromatic heterocycles. The van der Waals surface area contributed by atoms with Crippen LogP contribution in [0.5, 0.6) is 0 Å². The van der Waals surface area contributed by atoms with Crippen LogP contribution in [0.15, 0.2) is 24.3 Å². The lowest BCUT2D eigenvalue weighted by molar-refractivity contribution is -0.136. The highest BCUT2D eigenvalue weighted by atomic mass is 32.2. The van der Waals surface area contributed by atoms with E-state index in [0.29, 0.717) is 56.9 Å². The van der Waals surface area contributed by atoms with Crippen molar-refractivity contribution in [3.05, 3.63) is 29.8 Å². The van der Waals surface area contributed by atoms with Crippen LogP contribution >= 0.6 is 0 Å². The van der Waals surface area contributed by atoms with E-state index in [1.807, 2.05) is 0 Å². The average Bonchev–Trinajstić information content (AvgIpc) is 3.32. The summed E-state index contributed by atoms with van der Waals surface area (Å²) in [5.74, 6) is -0.706. The van der Waals surface area contributed by atoms with Crippen molar-refractivity contribution in [2.45, 2.75) is 6.42 Å². The number of anilines is 1. The van der Waals surface area contributed by atoms with Gasteiger partial charge < -0.3 is 15.1 Å². The molecular formula is C19H24N4O5S. The number of piperazine rings is 1. The molecular weight excluding hydrogens is 396 g/mol. The lowest BCUT2D eigenvalue weighted by atomic mass is 10.1. The molecule has 3 saturated heterocycles. The fourth-order valence-electron chi connectivity index (χ4n) is 4.09. The van der Waals surface area contributed by atoms with Crippen LogP contribution < -0.4 is 10.2 Å². The third kappa shape index (κ3) is 4.07. The standard InChI is InChI=1S/C19H24N4O5S/c24-17(14-2-1-3-16(12-14)23-6-5-20-19(23)26)21-7-9-22(10-8-21)18(25)15-4-11-29(27,28)13-15/h1-3,12,15H,4-11,13H2,(H,20,26)/t15-/m0/s1. The second-order valence-electron chi connectivity index (χ2n) is 7.65. The Labute approximate surface area is 169 Å². The van der Waals surface area contributed by atoms with Crippen LogP contribution in [0.3, 0.4) is 0 Å². The number of carbonyl (C=O) groups excluding carboxylic acids is 3. The molecule has 0 aliphatic carbocycles. The molecule has 0 saturated carbocycles. The zero-order valence-electron chi connectivity index (χ0n) is 16.0. The van der Waals surface area contributed by atoms with Crippen molar-refractivity contribution in [2.75, 3.05) is 55.7 Å². The van der Waals surface area contributed by atoms with Crippen LogP contribution in [0.4, 0.5) is 10.5 Å². The highest BCUT2D eigenvalue weighted by Crippen LogP contribution is 2.23. The van der Waals surface area contributed by atoms with E-state index in [1.165, 1.54) is 0 Å². The van der Waals surface area contributed by atoms with E-state index in [9.17, 15) is 22.8 Å². The predicted octanol–water partition coefficient (Wildman–Crippen LogP) is -0.0647. The Balaban J connectivity index is 1.37. The number of rotatable bonds is 3. The van der Waals surface area contributed by atoms with Gasteiger partial charge in [0.05, 0.1) is 17.4 Å². The topological polar surface area (TPSA) is 107 Å². The monoisotopic (exact) mass is 420 g/mol. The molecule has 1 aromatic carbocycles. The van der Waals surface area contributed by atoms with E-state index in [0.717, 1.165) is 0 Å². The average molecular weight is 420 g/mol. The first-order valence-corrected chi connectivity index (χ1v) is 11.6. The number of amides is 4. The smallest absolute Gasteiger partial charge is 0.321 e. The van der Waals surface area contributed by atoms with Crippen molar-refractivity contribution in [2.24, 2.45) is 5.92 Å². The molecule has 3 fully saturated rings. The normalized spacial score (nSPS) is 23.9. The first-order chi connectivity index (χ1) is 13.8. The third-order valence-electron chi connectivity index (χ3n) is 5.72. The van der Waals surface area contributed by atoms with Gasteiger partial charge in [0.15, 0.2) is 9.84 Å². The molecule has 1 atom stereocenters. The molecule has 3 aliphatic rings. The summed E-state index contributed by atoms with van der Waals surface area (Å²) in [5, 5.41) is 2.74. The van der Waals surface area contributed by atoms with E-state index in [4.69, 9.17) is 0 Å². The maximum atomic E-state index is 12.9. The Kier molecular flexibility index (Phi) is 5.20. The molecule has 156 valence electrons. The van der Waals surface area contributed by atoms with Gasteiger partial charge >= 0.3 is 6.03 Å². The van der Waals surface area contributed by atoms with Gasteiger partial charge in [0.25, 0.3) is 5.91 Å². The number of urea groups is 1. The van der Waals surface area contributed by atoms with Crippen LogP contribution in [-0.2, 0) is 14.6 Å². The third-order valence-corrected chi connectivity index (χ3v) is 7.49. The molecule has 3 aliphatic heterocycles. The molecule has 0 radical (unpaired) electrons. The molecule has 1 N–H and O–H groups in total. The first-order valence-electron chi connectivity index (χ1n) is 9.78. The van der Waals surface area contributed by atoms with Gasteiger partial charge in [0.2, 0.25) is 5.91 Å². The fourth-order valence-corrected chi connectivity index (χ4v) is 5.82. The Morgan fingerprint density at radius 1 is 1.03 bits per heavy atom. The Morgan fingerprint density at radius 2 is 1.76 bits per heavy atom. The number of benzene rings is 1. The number of nitrogens with zero attached hydrogens (tertiary/aromatic N) is 3. The lowest BCUT2D eigenvalue weighted by Crippen LogP contribution is -2.52. The van der Waals surface area contributed by atoms with Crippen molar-refractivity contribution in [3.8, 4) is 0 Å². The van der Waals surface area contributed by atoms with Gasteiger partial charge in [0, 0.05) is 50.5 Å². The highest BCUT2D eigenvalue weighted by Gasteiger charge is 2.36. The molecule has 9 nitrogen and oxygen atoms in total. The van der Waals surface area contributed by atoms with E-state index in [-0.39, 0.29) is 29.4 Å². The van der Waals surface area contributed by atoms with Crippen LogP contribution in [-0.4, -0.2) is 86.8 Å². The summed E-state index contributed by atoms with van der Waals surface area (Å²) >= 11 is 0. The van der Waals surface area contributed by atoms with Crippen molar-refractivity contribution in [3.63, 3.8) is 0 Å². The molecule has 4 amide bonds. The van der Waals surface area contributed by atoms with Gasteiger partial charge in [-0.1, -0.05) is 6.07 Å². The van der Waals surface area contributed by atoms with Crippen LogP contribution in [0.1, 0.15) is 16.8 Å². The summed E-state index contributed by atoms with van der Waals surface area (Å²) in [6, 6.07) is 6.83. The highest BCUT2D eigenvalue weighted by molar-refractivity contribution is 7.91. The van der Waals surface area contributed by atoms with Crippen molar-refractivity contribution >= 4 is 33.4 Å². The van der Waals surface area contributed by atoms with E-state index in [1.54, 1.807) is 39.0 Å². The molecule has 4 rings (SSSR count). The maximum absolute atomic E-state index is 12.9. The van der Waals surface area contributed by atoms with Crippen LogP contribution in [0.25, 0.3) is 0 Å². The van der Waals surface area contributed by atoms with Gasteiger partial charge in [-0.15, -0.1) is 0 Å². The number of sulfone groups is 1. The molecule has 0 unspecified atom stereocenters. The summed E-state index contributed by atoms with van der Waals surface area (Å²) in [4.78, 5) is 42.3. The molecule has 29 heavy (non-hydrogen) atoms. The minimum atomic E-state index is -3.10. The second kappa shape index (κ2) is 7.66. The summed E-state index contributed by atoms with van der Waals surface area (Å²) in [5.41, 5.74) is 1.19. The zero-order valence-corrected chi connectivity index (χ0v) is 16.9. The quantitative estimate of drug-likeness (QED) is 0.737. The van der Waals surface area contributed by atoms with Gasteiger partial charge in [-0.3, -0.25) is 14.5 Å². The van der Waals surface area contributed by atoms with Gasteiger partial charge in [-0.05, 0) is 24.6 Å². The number of hydrogen-bond acceptors (Lipinski definition) is 5. The minimum Gasteiger partial charge on any atom is -0.339 e. The Hall–Kier alpha value is -2.62. The molecule has 1 aromatic rings. The Bertz CT molecular complexity index is 940. The lowest BCUT2D eigenvalue weighted by Gasteiger charge is -2.36. The van der Waals surface area contributed by atoms with Crippen LogP contribution in [0.2, 0.25) is 0 Å². The first kappa shape index (κ1) is 19.7. The molecule has 0 spiro atoms. The molecule has 10 heteroatoms. The van der Waals surface area contributed by atoms with E-state index < -0.39 is 15.8 Å². The number of nitrogens with one attached hydrogen (secondary N) is 1. The summed E-state index contributed by atoms with van der Waals surface area (Å²) in [6.07, 6.45) is 0.386. The zero-order chi connectivity index (χ0) is 20.6. The molecule has 3 heterocycles. The predicted molar refractivity (Wildman–Crippen MR) is 106 cm³/mol. The number of hydrogen-bond donors (Lipinski definition) is 1. The Morgan fingerprint density at radius 3 is 2.38 bits per heavy atom. The van der Waals surface area contributed by atoms with Crippen molar-refractivity contribution < 1.29 is 22.8 Å². The fraction of sp³-hybridized carbons (Fsp3) is 0.526. The van der Waals surface area contributed by atoms with Gasteiger partial charge in [0.1, 0.15) is 0 Å². The minimum absolute atomic E-state index is 0.0676. The van der Waals surface area contributed by atoms with Crippen molar-refractivity contribution in [1.82, 2.24) is 15.1 Å².